The summed E-state index contributed by atoms with van der Waals surface area (Å²) < 4.78 is 27.1. The highest BCUT2D eigenvalue weighted by molar-refractivity contribution is 7.89. The lowest BCUT2D eigenvalue weighted by Gasteiger charge is -2.31. The highest BCUT2D eigenvalue weighted by Gasteiger charge is 2.29. The van der Waals surface area contributed by atoms with Crippen molar-refractivity contribution < 1.29 is 13.3 Å². The number of benzene rings is 1. The number of nitro groups is 1. The number of nitrogens with zero attached hydrogens (tertiary/aromatic N) is 4. The number of hydrogen-bond donors (Lipinski definition) is 1. The molecule has 1 aromatic rings. The van der Waals surface area contributed by atoms with Crippen LogP contribution in [-0.4, -0.2) is 86.3 Å². The molecule has 0 amide bonds. The molecule has 10 heteroatoms. The summed E-state index contributed by atoms with van der Waals surface area (Å²) in [5.41, 5.74) is 0.114. The Morgan fingerprint density at radius 1 is 1.21 bits per heavy atom. The monoisotopic (exact) mass is 413 g/mol. The molecule has 1 unspecified atom stereocenters. The first-order valence-electron chi connectivity index (χ1n) is 9.65. The highest BCUT2D eigenvalue weighted by Crippen LogP contribution is 2.29. The first-order valence-corrected chi connectivity index (χ1v) is 11.1. The van der Waals surface area contributed by atoms with Gasteiger partial charge in [-0.3, -0.25) is 15.0 Å². The molecule has 28 heavy (non-hydrogen) atoms. The summed E-state index contributed by atoms with van der Waals surface area (Å²) in [7, 11) is -1.81. The lowest BCUT2D eigenvalue weighted by molar-refractivity contribution is -0.384. The van der Waals surface area contributed by atoms with Crippen molar-refractivity contribution in [3.8, 4) is 0 Å². The van der Waals surface area contributed by atoms with Crippen LogP contribution in [0, 0.1) is 10.1 Å². The molecule has 1 atom stereocenters. The molecule has 1 N–H and O–H groups in total. The minimum Gasteiger partial charge on any atom is -0.378 e. The third kappa shape index (κ3) is 5.19. The Kier molecular flexibility index (Phi) is 7.76. The second kappa shape index (κ2) is 9.64. The van der Waals surface area contributed by atoms with Crippen LogP contribution >= 0.6 is 0 Å². The third-order valence-corrected chi connectivity index (χ3v) is 7.18. The Morgan fingerprint density at radius 3 is 2.36 bits per heavy atom. The molecule has 1 saturated heterocycles. The molecule has 1 aromatic carbocycles. The minimum atomic E-state index is -3.74. The van der Waals surface area contributed by atoms with Gasteiger partial charge in [0.15, 0.2) is 0 Å². The minimum absolute atomic E-state index is 0.0360. The first-order chi connectivity index (χ1) is 13.2. The van der Waals surface area contributed by atoms with E-state index in [9.17, 15) is 18.5 Å². The normalized spacial score (nSPS) is 17.6. The van der Waals surface area contributed by atoms with Gasteiger partial charge in [0.2, 0.25) is 10.0 Å². The third-order valence-electron chi connectivity index (χ3n) is 5.29. The van der Waals surface area contributed by atoms with E-state index in [0.29, 0.717) is 38.4 Å². The van der Waals surface area contributed by atoms with Crippen LogP contribution in [0.2, 0.25) is 0 Å². The maximum Gasteiger partial charge on any atom is 0.293 e. The number of piperazine rings is 1. The van der Waals surface area contributed by atoms with E-state index < -0.39 is 14.9 Å². The number of nitrogens with one attached hydrogen (secondary N) is 1. The summed E-state index contributed by atoms with van der Waals surface area (Å²) in [6, 6.07) is 4.31. The molecule has 0 aromatic heterocycles. The molecule has 9 nitrogen and oxygen atoms in total. The second-order valence-electron chi connectivity index (χ2n) is 7.09. The van der Waals surface area contributed by atoms with Gasteiger partial charge in [0, 0.05) is 44.8 Å². The number of sulfonamides is 1. The fourth-order valence-electron chi connectivity index (χ4n) is 3.38. The van der Waals surface area contributed by atoms with Crippen molar-refractivity contribution in [2.24, 2.45) is 0 Å². The number of likely N-dealkylation sites (N-methyl/N-ethyl adjacent to an activating group) is 2. The molecule has 1 heterocycles. The van der Waals surface area contributed by atoms with Gasteiger partial charge in [-0.05, 0) is 39.2 Å². The zero-order valence-corrected chi connectivity index (χ0v) is 17.9. The number of rotatable bonds is 9. The summed E-state index contributed by atoms with van der Waals surface area (Å²) >= 11 is 0. The van der Waals surface area contributed by atoms with Gasteiger partial charge in [0.25, 0.3) is 5.69 Å². The fraction of sp³-hybridized carbons (Fsp3) is 0.667. The molecular weight excluding hydrogens is 382 g/mol. The predicted molar refractivity (Wildman–Crippen MR) is 110 cm³/mol. The summed E-state index contributed by atoms with van der Waals surface area (Å²) in [6.07, 6.45) is 0. The van der Waals surface area contributed by atoms with Gasteiger partial charge in [-0.1, -0.05) is 13.8 Å². The van der Waals surface area contributed by atoms with Crippen molar-refractivity contribution in [1.29, 1.82) is 0 Å². The topological polar surface area (TPSA) is 99.0 Å². The van der Waals surface area contributed by atoms with Crippen molar-refractivity contribution in [3.63, 3.8) is 0 Å². The standard InChI is InChI=1S/C18H31N5O4S/c1-5-21(6-2)15(3)14-19-17-8-7-16(13-18(17)23(24)25)28(26,27)22-11-9-20(4)10-12-22/h7-8,13,15,19H,5-6,9-12,14H2,1-4H3. The summed E-state index contributed by atoms with van der Waals surface area (Å²) in [4.78, 5) is 15.3. The van der Waals surface area contributed by atoms with Crippen LogP contribution in [0.15, 0.2) is 23.1 Å². The molecule has 2 rings (SSSR count). The lowest BCUT2D eigenvalue weighted by Crippen LogP contribution is -2.47. The highest BCUT2D eigenvalue weighted by atomic mass is 32.2. The van der Waals surface area contributed by atoms with E-state index in [0.717, 1.165) is 19.2 Å². The molecule has 1 fully saturated rings. The predicted octanol–water partition coefficient (Wildman–Crippen LogP) is 1.67. The molecule has 1 aliphatic rings. The molecule has 158 valence electrons. The van der Waals surface area contributed by atoms with E-state index in [-0.39, 0.29) is 16.6 Å². The summed E-state index contributed by atoms with van der Waals surface area (Å²) in [5.74, 6) is 0. The maximum atomic E-state index is 12.9. The number of hydrogen-bond acceptors (Lipinski definition) is 7. The quantitative estimate of drug-likeness (QED) is 0.486. The molecular formula is C18H31N5O4S. The summed E-state index contributed by atoms with van der Waals surface area (Å²) in [6.45, 7) is 10.6. The molecule has 1 aliphatic heterocycles. The van der Waals surface area contributed by atoms with Gasteiger partial charge in [-0.15, -0.1) is 0 Å². The van der Waals surface area contributed by atoms with E-state index in [4.69, 9.17) is 0 Å². The first kappa shape index (κ1) is 22.5. The van der Waals surface area contributed by atoms with Crippen LogP contribution in [0.25, 0.3) is 0 Å². The van der Waals surface area contributed by atoms with Gasteiger partial charge in [0.05, 0.1) is 9.82 Å². The van der Waals surface area contributed by atoms with Gasteiger partial charge in [-0.25, -0.2) is 8.42 Å². The lowest BCUT2D eigenvalue weighted by atomic mass is 10.2. The largest absolute Gasteiger partial charge is 0.378 e. The molecule has 0 radical (unpaired) electrons. The average molecular weight is 414 g/mol. The average Bonchev–Trinajstić information content (AvgIpc) is 2.67. The Morgan fingerprint density at radius 2 is 1.82 bits per heavy atom. The van der Waals surface area contributed by atoms with E-state index in [1.54, 1.807) is 0 Å². The second-order valence-corrected chi connectivity index (χ2v) is 9.03. The molecule has 0 aliphatic carbocycles. The molecule has 0 saturated carbocycles. The van der Waals surface area contributed by atoms with Crippen molar-refractivity contribution in [2.75, 3.05) is 58.2 Å². The van der Waals surface area contributed by atoms with Crippen molar-refractivity contribution in [3.05, 3.63) is 28.3 Å². The van der Waals surface area contributed by atoms with Crippen LogP contribution < -0.4 is 5.32 Å². The van der Waals surface area contributed by atoms with E-state index in [1.165, 1.54) is 16.4 Å². The Hall–Kier alpha value is -1.75. The van der Waals surface area contributed by atoms with Gasteiger partial charge < -0.3 is 10.2 Å². The molecule has 0 bridgehead atoms. The van der Waals surface area contributed by atoms with Crippen molar-refractivity contribution >= 4 is 21.4 Å². The van der Waals surface area contributed by atoms with Crippen molar-refractivity contribution in [2.45, 2.75) is 31.7 Å². The Balaban J connectivity index is 2.21. The Bertz CT molecular complexity index is 774. The van der Waals surface area contributed by atoms with Crippen molar-refractivity contribution in [1.82, 2.24) is 14.1 Å². The van der Waals surface area contributed by atoms with Gasteiger partial charge >= 0.3 is 0 Å². The number of nitro benzene ring substituents is 1. The summed E-state index contributed by atoms with van der Waals surface area (Å²) in [5, 5.41) is 14.7. The Labute approximate surface area is 167 Å². The van der Waals surface area contributed by atoms with Crippen LogP contribution in [0.4, 0.5) is 11.4 Å². The van der Waals surface area contributed by atoms with Crippen LogP contribution in [0.1, 0.15) is 20.8 Å². The smallest absolute Gasteiger partial charge is 0.293 e. The van der Waals surface area contributed by atoms with Gasteiger partial charge in [-0.2, -0.15) is 4.31 Å². The van der Waals surface area contributed by atoms with E-state index in [1.807, 2.05) is 7.05 Å². The zero-order valence-electron chi connectivity index (χ0n) is 17.1. The van der Waals surface area contributed by atoms with E-state index >= 15 is 0 Å². The van der Waals surface area contributed by atoms with Crippen LogP contribution in [0.3, 0.4) is 0 Å². The van der Waals surface area contributed by atoms with Crippen LogP contribution in [-0.2, 0) is 10.0 Å². The number of anilines is 1. The van der Waals surface area contributed by atoms with E-state index in [2.05, 4.69) is 35.9 Å². The van der Waals surface area contributed by atoms with Gasteiger partial charge in [0.1, 0.15) is 5.69 Å². The maximum absolute atomic E-state index is 12.9. The van der Waals surface area contributed by atoms with Crippen LogP contribution in [0.5, 0.6) is 0 Å². The SMILES string of the molecule is CCN(CC)C(C)CNc1ccc(S(=O)(=O)N2CCN(C)CC2)cc1[N+](=O)[O-]. The zero-order chi connectivity index (χ0) is 20.9. The molecule has 0 spiro atoms. The fourth-order valence-corrected chi connectivity index (χ4v) is 4.83.